The van der Waals surface area contributed by atoms with Crippen molar-refractivity contribution in [1.82, 2.24) is 10.2 Å². The fourth-order valence-electron chi connectivity index (χ4n) is 3.63. The SMILES string of the molecule is CCc1ccc(CN2C(=O)C(CC(C)C)NC(=O)C2Cc2ccc(O)c(O)c2)o1. The van der Waals surface area contributed by atoms with Crippen LogP contribution < -0.4 is 5.32 Å². The highest BCUT2D eigenvalue weighted by atomic mass is 16.3. The van der Waals surface area contributed by atoms with E-state index in [-0.39, 0.29) is 42.2 Å². The van der Waals surface area contributed by atoms with E-state index in [9.17, 15) is 19.8 Å². The molecule has 2 atom stereocenters. The second kappa shape index (κ2) is 8.59. The van der Waals surface area contributed by atoms with E-state index in [2.05, 4.69) is 5.32 Å². The van der Waals surface area contributed by atoms with Crippen molar-refractivity contribution in [2.45, 2.75) is 58.7 Å². The Morgan fingerprint density at radius 2 is 1.83 bits per heavy atom. The maximum atomic E-state index is 13.2. The molecule has 2 heterocycles. The molecule has 2 aromatic rings. The second-order valence-electron chi connectivity index (χ2n) is 7.92. The summed E-state index contributed by atoms with van der Waals surface area (Å²) in [6.07, 6.45) is 1.54. The van der Waals surface area contributed by atoms with E-state index >= 15 is 0 Å². The molecule has 1 aliphatic heterocycles. The van der Waals surface area contributed by atoms with Gasteiger partial charge in [-0.05, 0) is 42.2 Å². The molecule has 2 unspecified atom stereocenters. The summed E-state index contributed by atoms with van der Waals surface area (Å²) in [6, 6.07) is 6.83. The third-order valence-electron chi connectivity index (χ3n) is 5.14. The molecule has 1 aliphatic rings. The van der Waals surface area contributed by atoms with Crippen molar-refractivity contribution in [2.24, 2.45) is 5.92 Å². The molecule has 1 aromatic carbocycles. The Morgan fingerprint density at radius 3 is 2.45 bits per heavy atom. The molecule has 29 heavy (non-hydrogen) atoms. The minimum absolute atomic E-state index is 0.138. The minimum atomic E-state index is -0.731. The molecule has 0 spiro atoms. The smallest absolute Gasteiger partial charge is 0.246 e. The molecular weight excluding hydrogens is 372 g/mol. The number of piperazine rings is 1. The highest BCUT2D eigenvalue weighted by Crippen LogP contribution is 2.27. The van der Waals surface area contributed by atoms with Crippen LogP contribution in [0.2, 0.25) is 0 Å². The van der Waals surface area contributed by atoms with E-state index in [1.165, 1.54) is 12.1 Å². The molecule has 7 nitrogen and oxygen atoms in total. The molecule has 0 aliphatic carbocycles. The third-order valence-corrected chi connectivity index (χ3v) is 5.14. The van der Waals surface area contributed by atoms with Gasteiger partial charge in [0.25, 0.3) is 0 Å². The Balaban J connectivity index is 1.88. The molecule has 1 saturated heterocycles. The number of aryl methyl sites for hydroxylation is 1. The van der Waals surface area contributed by atoms with E-state index in [0.717, 1.165) is 12.2 Å². The zero-order chi connectivity index (χ0) is 21.1. The Labute approximate surface area is 170 Å². The molecule has 3 rings (SSSR count). The number of furan rings is 1. The predicted octanol–water partition coefficient (Wildman–Crippen LogP) is 2.74. The van der Waals surface area contributed by atoms with Gasteiger partial charge in [-0.15, -0.1) is 0 Å². The summed E-state index contributed by atoms with van der Waals surface area (Å²) in [6.45, 7) is 6.21. The van der Waals surface area contributed by atoms with Gasteiger partial charge in [-0.3, -0.25) is 9.59 Å². The maximum absolute atomic E-state index is 13.2. The van der Waals surface area contributed by atoms with Gasteiger partial charge < -0.3 is 24.8 Å². The lowest BCUT2D eigenvalue weighted by atomic mass is 9.95. The summed E-state index contributed by atoms with van der Waals surface area (Å²) in [4.78, 5) is 27.7. The number of carbonyl (C=O) groups is 2. The van der Waals surface area contributed by atoms with E-state index in [0.29, 0.717) is 17.7 Å². The summed E-state index contributed by atoms with van der Waals surface area (Å²) in [5.74, 6) is 0.861. The number of hydrogen-bond donors (Lipinski definition) is 3. The number of hydrogen-bond acceptors (Lipinski definition) is 5. The number of amides is 2. The van der Waals surface area contributed by atoms with Crippen LogP contribution in [0.1, 0.15) is 44.3 Å². The fourth-order valence-corrected chi connectivity index (χ4v) is 3.63. The molecule has 1 aromatic heterocycles. The van der Waals surface area contributed by atoms with Gasteiger partial charge in [0.1, 0.15) is 23.6 Å². The highest BCUT2D eigenvalue weighted by Gasteiger charge is 2.41. The second-order valence-corrected chi connectivity index (χ2v) is 7.92. The summed E-state index contributed by atoms with van der Waals surface area (Å²) < 4.78 is 5.77. The molecule has 0 radical (unpaired) electrons. The van der Waals surface area contributed by atoms with Crippen LogP contribution >= 0.6 is 0 Å². The number of aromatic hydroxyl groups is 2. The average Bonchev–Trinajstić information content (AvgIpc) is 3.12. The number of nitrogens with zero attached hydrogens (tertiary/aromatic N) is 1. The summed E-state index contributed by atoms with van der Waals surface area (Å²) in [5, 5.41) is 22.2. The largest absolute Gasteiger partial charge is 0.504 e. The van der Waals surface area contributed by atoms with Crippen LogP contribution in [-0.4, -0.2) is 39.0 Å². The van der Waals surface area contributed by atoms with Crippen molar-refractivity contribution >= 4 is 11.8 Å². The number of phenols is 2. The summed E-state index contributed by atoms with van der Waals surface area (Å²) in [5.41, 5.74) is 0.647. The van der Waals surface area contributed by atoms with E-state index in [4.69, 9.17) is 4.42 Å². The van der Waals surface area contributed by atoms with Crippen molar-refractivity contribution in [3.8, 4) is 11.5 Å². The quantitative estimate of drug-likeness (QED) is 0.620. The highest BCUT2D eigenvalue weighted by molar-refractivity contribution is 5.97. The Hall–Kier alpha value is -2.96. The van der Waals surface area contributed by atoms with Crippen molar-refractivity contribution in [1.29, 1.82) is 0 Å². The first-order valence-electron chi connectivity index (χ1n) is 9.97. The van der Waals surface area contributed by atoms with E-state index in [1.807, 2.05) is 32.9 Å². The van der Waals surface area contributed by atoms with Crippen LogP contribution in [0.4, 0.5) is 0 Å². The summed E-state index contributed by atoms with van der Waals surface area (Å²) in [7, 11) is 0. The number of rotatable bonds is 7. The van der Waals surface area contributed by atoms with Crippen molar-refractivity contribution < 1.29 is 24.2 Å². The monoisotopic (exact) mass is 400 g/mol. The normalized spacial score (nSPS) is 19.7. The zero-order valence-electron chi connectivity index (χ0n) is 17.0. The first-order chi connectivity index (χ1) is 13.8. The molecular formula is C22H28N2O5. The first-order valence-corrected chi connectivity index (χ1v) is 9.97. The Morgan fingerprint density at radius 1 is 1.10 bits per heavy atom. The number of phenolic OH excluding ortho intramolecular Hbond substituents is 2. The van der Waals surface area contributed by atoms with Gasteiger partial charge in [-0.25, -0.2) is 0 Å². The van der Waals surface area contributed by atoms with Gasteiger partial charge in [0.2, 0.25) is 11.8 Å². The van der Waals surface area contributed by atoms with Gasteiger partial charge in [0.15, 0.2) is 11.5 Å². The first kappa shape index (κ1) is 20.8. The summed E-state index contributed by atoms with van der Waals surface area (Å²) >= 11 is 0. The number of benzene rings is 1. The van der Waals surface area contributed by atoms with Gasteiger partial charge in [0.05, 0.1) is 6.54 Å². The standard InChI is InChI=1S/C22H28N2O5/c1-4-15-6-7-16(29-15)12-24-18(10-14-5-8-19(25)20(26)11-14)21(27)23-17(22(24)28)9-13(2)3/h5-8,11,13,17-18,25-26H,4,9-10,12H2,1-3H3,(H,23,27). The van der Waals surface area contributed by atoms with Crippen LogP contribution in [0, 0.1) is 5.92 Å². The van der Waals surface area contributed by atoms with Crippen LogP contribution in [0.15, 0.2) is 34.7 Å². The van der Waals surface area contributed by atoms with Gasteiger partial charge >= 0.3 is 0 Å². The molecule has 0 saturated carbocycles. The van der Waals surface area contributed by atoms with Crippen molar-refractivity contribution in [2.75, 3.05) is 0 Å². The van der Waals surface area contributed by atoms with E-state index in [1.54, 1.807) is 11.0 Å². The number of carbonyl (C=O) groups excluding carboxylic acids is 2. The molecule has 1 fully saturated rings. The Bertz CT molecular complexity index is 889. The Kier molecular flexibility index (Phi) is 6.15. The number of nitrogens with one attached hydrogen (secondary N) is 1. The minimum Gasteiger partial charge on any atom is -0.504 e. The van der Waals surface area contributed by atoms with E-state index < -0.39 is 12.1 Å². The van der Waals surface area contributed by atoms with Gasteiger partial charge in [0, 0.05) is 12.8 Å². The molecule has 7 heteroatoms. The van der Waals surface area contributed by atoms with Crippen LogP contribution in [0.5, 0.6) is 11.5 Å². The van der Waals surface area contributed by atoms with Gasteiger partial charge in [-0.1, -0.05) is 26.8 Å². The molecule has 3 N–H and O–H groups in total. The lowest BCUT2D eigenvalue weighted by Crippen LogP contribution is -2.63. The molecule has 156 valence electrons. The molecule has 2 amide bonds. The predicted molar refractivity (Wildman–Crippen MR) is 107 cm³/mol. The van der Waals surface area contributed by atoms with Gasteiger partial charge in [-0.2, -0.15) is 0 Å². The fraction of sp³-hybridized carbons (Fsp3) is 0.455. The van der Waals surface area contributed by atoms with Crippen LogP contribution in [0.3, 0.4) is 0 Å². The zero-order valence-corrected chi connectivity index (χ0v) is 17.0. The van der Waals surface area contributed by atoms with Crippen molar-refractivity contribution in [3.63, 3.8) is 0 Å². The molecule has 0 bridgehead atoms. The lowest BCUT2D eigenvalue weighted by Gasteiger charge is -2.39. The topological polar surface area (TPSA) is 103 Å². The van der Waals surface area contributed by atoms with Crippen LogP contribution in [-0.2, 0) is 29.0 Å². The third kappa shape index (κ3) is 4.72. The maximum Gasteiger partial charge on any atom is 0.246 e. The van der Waals surface area contributed by atoms with Crippen molar-refractivity contribution in [3.05, 3.63) is 47.4 Å². The van der Waals surface area contributed by atoms with Crippen LogP contribution in [0.25, 0.3) is 0 Å². The average molecular weight is 400 g/mol. The lowest BCUT2D eigenvalue weighted by molar-refractivity contribution is -0.150.